The van der Waals surface area contributed by atoms with Crippen LogP contribution in [0.3, 0.4) is 0 Å². The highest BCUT2D eigenvalue weighted by atomic mass is 19.4. The maximum Gasteiger partial charge on any atom is 0.416 e. The molecule has 41 heavy (non-hydrogen) atoms. The predicted molar refractivity (Wildman–Crippen MR) is 141 cm³/mol. The average molecular weight is 585 g/mol. The monoisotopic (exact) mass is 584 g/mol. The Morgan fingerprint density at radius 1 is 1.07 bits per heavy atom. The van der Waals surface area contributed by atoms with E-state index >= 15 is 0 Å². The van der Waals surface area contributed by atoms with Crippen molar-refractivity contribution in [3.63, 3.8) is 0 Å². The maximum atomic E-state index is 13.5. The summed E-state index contributed by atoms with van der Waals surface area (Å²) < 4.78 is 92.0. The molecule has 1 aliphatic carbocycles. The Hall–Kier alpha value is -3.24. The molecule has 5 nitrogen and oxygen atoms in total. The number of carbonyl (C=O) groups excluding carboxylic acids is 1. The summed E-state index contributed by atoms with van der Waals surface area (Å²) in [6.45, 7) is 9.92. The molecular formula is C30H34F6N2O3. The standard InChI is InChI=1S/C30H34F6N2O3/c1-16(2)23-7-8-24(40-6)25(37-23)22-9-10-28(4,5)14-19(22)15-38-17(3)26(41-27(38)39)18-11-20(29(31,32)33)13-21(12-18)30(34,35)36/h7-8,11-13,16-17,26H,9-10,14-15H2,1-6H3/t17-,26-/m0/s1. The minimum atomic E-state index is -5.01. The fourth-order valence-corrected chi connectivity index (χ4v) is 5.52. The van der Waals surface area contributed by atoms with Crippen molar-refractivity contribution in [3.05, 3.63) is 64.0 Å². The van der Waals surface area contributed by atoms with Gasteiger partial charge in [0.15, 0.2) is 0 Å². The number of pyridine rings is 1. The predicted octanol–water partition coefficient (Wildman–Crippen LogP) is 8.80. The van der Waals surface area contributed by atoms with Gasteiger partial charge in [0.1, 0.15) is 17.5 Å². The second-order valence-electron chi connectivity index (χ2n) is 11.9. The van der Waals surface area contributed by atoms with Gasteiger partial charge in [-0.05, 0) is 84.6 Å². The molecule has 1 aromatic carbocycles. The lowest BCUT2D eigenvalue weighted by molar-refractivity contribution is -0.143. The molecule has 1 fully saturated rings. The van der Waals surface area contributed by atoms with E-state index in [0.29, 0.717) is 36.4 Å². The Morgan fingerprint density at radius 2 is 1.68 bits per heavy atom. The molecule has 2 heterocycles. The number of benzene rings is 1. The number of hydrogen-bond acceptors (Lipinski definition) is 4. The summed E-state index contributed by atoms with van der Waals surface area (Å²) in [4.78, 5) is 19.3. The Balaban J connectivity index is 1.74. The summed E-state index contributed by atoms with van der Waals surface area (Å²) in [6, 6.07) is 4.23. The van der Waals surface area contributed by atoms with Crippen molar-refractivity contribution in [2.24, 2.45) is 5.41 Å². The van der Waals surface area contributed by atoms with E-state index in [2.05, 4.69) is 13.8 Å². The number of ether oxygens (including phenoxy) is 2. The van der Waals surface area contributed by atoms with E-state index in [1.54, 1.807) is 14.0 Å². The van der Waals surface area contributed by atoms with Crippen LogP contribution in [-0.4, -0.2) is 35.7 Å². The third-order valence-electron chi connectivity index (χ3n) is 7.84. The Labute approximate surface area is 235 Å². The molecule has 0 N–H and O–H groups in total. The second-order valence-corrected chi connectivity index (χ2v) is 11.9. The number of cyclic esters (lactones) is 1. The largest absolute Gasteiger partial charge is 0.494 e. The third-order valence-corrected chi connectivity index (χ3v) is 7.84. The number of amides is 1. The topological polar surface area (TPSA) is 51.7 Å². The minimum absolute atomic E-state index is 0.0650. The first-order valence-electron chi connectivity index (χ1n) is 13.4. The lowest BCUT2D eigenvalue weighted by Crippen LogP contribution is -2.35. The quantitative estimate of drug-likeness (QED) is 0.319. The van der Waals surface area contributed by atoms with Crippen LogP contribution in [0.25, 0.3) is 5.57 Å². The van der Waals surface area contributed by atoms with Crippen molar-refractivity contribution < 1.29 is 40.6 Å². The van der Waals surface area contributed by atoms with Crippen molar-refractivity contribution in [2.75, 3.05) is 13.7 Å². The van der Waals surface area contributed by atoms with Crippen LogP contribution in [-0.2, 0) is 17.1 Å². The highest BCUT2D eigenvalue weighted by molar-refractivity contribution is 5.75. The van der Waals surface area contributed by atoms with Gasteiger partial charge in [-0.15, -0.1) is 0 Å². The summed E-state index contributed by atoms with van der Waals surface area (Å²) in [5, 5.41) is 0. The van der Waals surface area contributed by atoms with E-state index in [1.165, 1.54) is 4.90 Å². The highest BCUT2D eigenvalue weighted by Gasteiger charge is 2.44. The van der Waals surface area contributed by atoms with E-state index in [0.717, 1.165) is 23.3 Å². The van der Waals surface area contributed by atoms with E-state index < -0.39 is 41.7 Å². The number of rotatable bonds is 6. The molecule has 0 saturated carbocycles. The van der Waals surface area contributed by atoms with Crippen molar-refractivity contribution in [1.29, 1.82) is 0 Å². The average Bonchev–Trinajstić information content (AvgIpc) is 3.15. The van der Waals surface area contributed by atoms with Crippen LogP contribution in [0.1, 0.15) is 94.0 Å². The van der Waals surface area contributed by atoms with Gasteiger partial charge < -0.3 is 9.47 Å². The van der Waals surface area contributed by atoms with E-state index in [4.69, 9.17) is 14.5 Å². The van der Waals surface area contributed by atoms with Crippen molar-refractivity contribution in [3.8, 4) is 5.75 Å². The number of aromatic nitrogens is 1. The van der Waals surface area contributed by atoms with Crippen LogP contribution in [0, 0.1) is 5.41 Å². The highest BCUT2D eigenvalue weighted by Crippen LogP contribution is 2.46. The number of allylic oxidation sites excluding steroid dienone is 1. The fraction of sp³-hybridized carbons (Fsp3) is 0.533. The molecule has 1 aromatic heterocycles. The number of methoxy groups -OCH3 is 1. The molecule has 1 aliphatic heterocycles. The van der Waals surface area contributed by atoms with Gasteiger partial charge in [-0.25, -0.2) is 9.78 Å². The zero-order valence-electron chi connectivity index (χ0n) is 23.8. The number of hydrogen-bond donors (Lipinski definition) is 0. The van der Waals surface area contributed by atoms with Crippen LogP contribution in [0.15, 0.2) is 35.9 Å². The van der Waals surface area contributed by atoms with Crippen LogP contribution >= 0.6 is 0 Å². The van der Waals surface area contributed by atoms with Gasteiger partial charge >= 0.3 is 18.4 Å². The number of nitrogens with zero attached hydrogens (tertiary/aromatic N) is 2. The smallest absolute Gasteiger partial charge is 0.416 e. The molecular weight excluding hydrogens is 550 g/mol. The minimum Gasteiger partial charge on any atom is -0.494 e. The van der Waals surface area contributed by atoms with E-state index in [-0.39, 0.29) is 29.5 Å². The molecule has 0 radical (unpaired) electrons. The Kier molecular flexibility index (Phi) is 8.14. The summed E-state index contributed by atoms with van der Waals surface area (Å²) in [7, 11) is 1.55. The van der Waals surface area contributed by atoms with Gasteiger partial charge in [0.05, 0.1) is 24.3 Å². The van der Waals surface area contributed by atoms with Crippen molar-refractivity contribution in [1.82, 2.24) is 9.88 Å². The van der Waals surface area contributed by atoms with Crippen LogP contribution in [0.2, 0.25) is 0 Å². The molecule has 2 aromatic rings. The SMILES string of the molecule is COc1ccc(C(C)C)nc1C1=C(CN2C(=O)O[C@H](c3cc(C(F)(F)F)cc(C(F)(F)F)c3)[C@@H]2C)CC(C)(C)CC1. The molecule has 0 spiro atoms. The van der Waals surface area contributed by atoms with E-state index in [1.807, 2.05) is 26.0 Å². The van der Waals surface area contributed by atoms with Crippen LogP contribution in [0.4, 0.5) is 31.1 Å². The second kappa shape index (κ2) is 10.9. The molecule has 2 aliphatic rings. The summed E-state index contributed by atoms with van der Waals surface area (Å²) in [6.07, 6.45) is -10.0. The Bertz CT molecular complexity index is 1310. The first-order chi connectivity index (χ1) is 18.9. The first kappa shape index (κ1) is 30.7. The van der Waals surface area contributed by atoms with Crippen molar-refractivity contribution in [2.45, 2.75) is 84.3 Å². The molecule has 1 amide bonds. The zero-order chi connectivity index (χ0) is 30.5. The molecule has 0 unspecified atom stereocenters. The molecule has 0 bridgehead atoms. The van der Waals surface area contributed by atoms with Gasteiger partial charge in [-0.2, -0.15) is 26.3 Å². The number of carbonyl (C=O) groups is 1. The zero-order valence-corrected chi connectivity index (χ0v) is 23.8. The lowest BCUT2D eigenvalue weighted by Gasteiger charge is -2.35. The van der Waals surface area contributed by atoms with Gasteiger partial charge in [0.25, 0.3) is 0 Å². The van der Waals surface area contributed by atoms with Gasteiger partial charge in [-0.3, -0.25) is 4.90 Å². The molecule has 1 saturated heterocycles. The van der Waals surface area contributed by atoms with Crippen LogP contribution < -0.4 is 4.74 Å². The summed E-state index contributed by atoms with van der Waals surface area (Å²) in [5.74, 6) is 0.743. The molecule has 224 valence electrons. The van der Waals surface area contributed by atoms with Crippen LogP contribution in [0.5, 0.6) is 5.75 Å². The van der Waals surface area contributed by atoms with E-state index in [9.17, 15) is 31.1 Å². The number of alkyl halides is 6. The first-order valence-corrected chi connectivity index (χ1v) is 13.4. The normalized spacial score (nSPS) is 21.5. The van der Waals surface area contributed by atoms with Gasteiger partial charge in [0, 0.05) is 12.2 Å². The van der Waals surface area contributed by atoms with Crippen molar-refractivity contribution >= 4 is 11.7 Å². The molecule has 4 rings (SSSR count). The van der Waals surface area contributed by atoms with Gasteiger partial charge in [-0.1, -0.05) is 27.7 Å². The number of halogens is 6. The summed E-state index contributed by atoms with van der Waals surface area (Å²) >= 11 is 0. The molecule has 11 heteroatoms. The third kappa shape index (κ3) is 6.48. The Morgan fingerprint density at radius 3 is 2.22 bits per heavy atom. The molecule has 2 atom stereocenters. The lowest BCUT2D eigenvalue weighted by atomic mass is 9.73. The fourth-order valence-electron chi connectivity index (χ4n) is 5.52. The van der Waals surface area contributed by atoms with Gasteiger partial charge in [0.2, 0.25) is 0 Å². The summed E-state index contributed by atoms with van der Waals surface area (Å²) in [5.41, 5.74) is 0.00344. The maximum absolute atomic E-state index is 13.5.